The van der Waals surface area contributed by atoms with Crippen LogP contribution in [-0.4, -0.2) is 0 Å². The summed E-state index contributed by atoms with van der Waals surface area (Å²) >= 11 is 0. The molecule has 0 aliphatic rings. The minimum absolute atomic E-state index is 0. The molecule has 2 heteroatoms. The zero-order chi connectivity index (χ0) is 24.7. The lowest BCUT2D eigenvalue weighted by Gasteiger charge is -2.03. The van der Waals surface area contributed by atoms with Crippen molar-refractivity contribution in [3.63, 3.8) is 0 Å². The van der Waals surface area contributed by atoms with Crippen LogP contribution in [-0.2, 0) is 13.0 Å². The maximum absolute atomic E-state index is 2.36. The number of pyridine rings is 1. The summed E-state index contributed by atoms with van der Waals surface area (Å²) in [5.74, 6) is 0. The van der Waals surface area contributed by atoms with Crippen molar-refractivity contribution in [2.75, 3.05) is 0 Å². The Balaban J connectivity index is 0.00000648. The van der Waals surface area contributed by atoms with Crippen molar-refractivity contribution in [3.8, 4) is 0 Å². The Morgan fingerprint density at radius 3 is 1.67 bits per heavy atom. The van der Waals surface area contributed by atoms with Crippen LogP contribution in [0.1, 0.15) is 134 Å². The lowest BCUT2D eigenvalue weighted by molar-refractivity contribution is -0.697. The van der Waals surface area contributed by atoms with Crippen LogP contribution < -0.4 is 17.0 Å². The maximum atomic E-state index is 2.36. The number of unbranched alkanes of at least 4 members (excludes halogenated alkanes) is 16. The third-order valence-electron chi connectivity index (χ3n) is 7.18. The highest BCUT2D eigenvalue weighted by molar-refractivity contribution is 5.47. The summed E-state index contributed by atoms with van der Waals surface area (Å²) < 4.78 is 2.32. The standard InChI is InChI=1S/C34H54N.ClH/c1-2-3-4-5-6-7-8-9-10-11-12-13-14-15-16-17-19-26-34-28-31-35(32-29-34)30-23-22-27-33-24-20-18-21-25-33;/h18-21,24-26,28-29,31-32H,2-17,22-23,27,30H2,1H3;1H/q+1;/p-1/b26-19-;. The molecule has 0 radical (unpaired) electrons. The number of hydrogen-bond acceptors (Lipinski definition) is 0. The first kappa shape index (κ1) is 32.4. The third-order valence-corrected chi connectivity index (χ3v) is 7.18. The smallest absolute Gasteiger partial charge is 0.169 e. The van der Waals surface area contributed by atoms with E-state index < -0.39 is 0 Å². The van der Waals surface area contributed by atoms with Crippen molar-refractivity contribution in [3.05, 3.63) is 72.1 Å². The second-order valence-electron chi connectivity index (χ2n) is 10.5. The van der Waals surface area contributed by atoms with E-state index in [1.165, 1.54) is 133 Å². The quantitative estimate of drug-likeness (QED) is 0.115. The van der Waals surface area contributed by atoms with Crippen molar-refractivity contribution in [1.82, 2.24) is 0 Å². The fourth-order valence-corrected chi connectivity index (χ4v) is 4.85. The van der Waals surface area contributed by atoms with E-state index in [4.69, 9.17) is 0 Å². The van der Waals surface area contributed by atoms with Crippen LogP contribution in [0, 0.1) is 0 Å². The molecule has 0 amide bonds. The molecule has 0 saturated heterocycles. The van der Waals surface area contributed by atoms with Crippen molar-refractivity contribution < 1.29 is 17.0 Å². The summed E-state index contributed by atoms with van der Waals surface area (Å²) in [5, 5.41) is 0. The van der Waals surface area contributed by atoms with Crippen molar-refractivity contribution >= 4 is 6.08 Å². The Labute approximate surface area is 230 Å². The Hall–Kier alpha value is -1.60. The van der Waals surface area contributed by atoms with Gasteiger partial charge < -0.3 is 12.4 Å². The fraction of sp³-hybridized carbons (Fsp3) is 0.618. The van der Waals surface area contributed by atoms with Gasteiger partial charge in [-0.05, 0) is 36.8 Å². The van der Waals surface area contributed by atoms with Gasteiger partial charge in [0.25, 0.3) is 0 Å². The molecule has 0 spiro atoms. The molecule has 36 heavy (non-hydrogen) atoms. The van der Waals surface area contributed by atoms with Crippen LogP contribution in [0.4, 0.5) is 0 Å². The molecule has 2 aromatic rings. The minimum atomic E-state index is 0. The van der Waals surface area contributed by atoms with E-state index in [9.17, 15) is 0 Å². The van der Waals surface area contributed by atoms with E-state index in [0.29, 0.717) is 0 Å². The molecule has 1 nitrogen and oxygen atoms in total. The summed E-state index contributed by atoms with van der Waals surface area (Å²) in [6.07, 6.45) is 35.5. The van der Waals surface area contributed by atoms with E-state index in [0.717, 1.165) is 6.54 Å². The molecular formula is C34H54ClN. The summed E-state index contributed by atoms with van der Waals surface area (Å²) in [6.45, 7) is 3.41. The minimum Gasteiger partial charge on any atom is -1.00 e. The van der Waals surface area contributed by atoms with Crippen LogP contribution in [0.3, 0.4) is 0 Å². The lowest BCUT2D eigenvalue weighted by atomic mass is 10.0. The maximum Gasteiger partial charge on any atom is 0.169 e. The van der Waals surface area contributed by atoms with Gasteiger partial charge in [-0.2, -0.15) is 0 Å². The molecule has 0 fully saturated rings. The van der Waals surface area contributed by atoms with Gasteiger partial charge >= 0.3 is 0 Å². The van der Waals surface area contributed by atoms with E-state index in [-0.39, 0.29) is 12.4 Å². The monoisotopic (exact) mass is 511 g/mol. The third kappa shape index (κ3) is 17.8. The van der Waals surface area contributed by atoms with Gasteiger partial charge in [-0.1, -0.05) is 139 Å². The lowest BCUT2D eigenvalue weighted by Crippen LogP contribution is -3.00. The summed E-state index contributed by atoms with van der Waals surface area (Å²) in [6, 6.07) is 15.3. The predicted molar refractivity (Wildman–Crippen MR) is 155 cm³/mol. The first-order valence-corrected chi connectivity index (χ1v) is 15.1. The molecule has 2 rings (SSSR count). The second-order valence-corrected chi connectivity index (χ2v) is 10.5. The van der Waals surface area contributed by atoms with Gasteiger partial charge in [-0.25, -0.2) is 4.57 Å². The Kier molecular flexibility index (Phi) is 21.4. The first-order valence-electron chi connectivity index (χ1n) is 15.1. The van der Waals surface area contributed by atoms with E-state index >= 15 is 0 Å². The number of hydrogen-bond donors (Lipinski definition) is 0. The largest absolute Gasteiger partial charge is 1.00 e. The molecule has 1 heterocycles. The molecular weight excluding hydrogens is 458 g/mol. The number of aromatic nitrogens is 1. The molecule has 0 N–H and O–H groups in total. The number of halogens is 1. The number of allylic oxidation sites excluding steroid dienone is 1. The SMILES string of the molecule is CCCCCCCCCCCCCCCCC/C=C\c1cc[n+](CCCCc2ccccc2)cc1.[Cl-]. The second kappa shape index (κ2) is 23.8. The summed E-state index contributed by atoms with van der Waals surface area (Å²) in [4.78, 5) is 0. The van der Waals surface area contributed by atoms with E-state index in [1.54, 1.807) is 0 Å². The molecule has 0 aliphatic heterocycles. The number of benzene rings is 1. The zero-order valence-corrected chi connectivity index (χ0v) is 24.1. The molecule has 0 unspecified atom stereocenters. The summed E-state index contributed by atoms with van der Waals surface area (Å²) in [5.41, 5.74) is 2.78. The Morgan fingerprint density at radius 2 is 1.11 bits per heavy atom. The molecule has 0 aliphatic carbocycles. The molecule has 0 bridgehead atoms. The average molecular weight is 512 g/mol. The zero-order valence-electron chi connectivity index (χ0n) is 23.3. The van der Waals surface area contributed by atoms with Crippen LogP contribution >= 0.6 is 0 Å². The van der Waals surface area contributed by atoms with Crippen molar-refractivity contribution in [2.24, 2.45) is 0 Å². The van der Waals surface area contributed by atoms with Crippen LogP contribution in [0.2, 0.25) is 0 Å². The van der Waals surface area contributed by atoms with Crippen molar-refractivity contribution in [2.45, 2.75) is 135 Å². The number of rotatable bonds is 22. The van der Waals surface area contributed by atoms with Gasteiger partial charge in [0.2, 0.25) is 0 Å². The van der Waals surface area contributed by atoms with Crippen LogP contribution in [0.25, 0.3) is 6.08 Å². The Bertz CT molecular complexity index is 738. The summed E-state index contributed by atoms with van der Waals surface area (Å²) in [7, 11) is 0. The topological polar surface area (TPSA) is 3.88 Å². The van der Waals surface area contributed by atoms with Crippen LogP contribution in [0.15, 0.2) is 60.9 Å². The fourth-order valence-electron chi connectivity index (χ4n) is 4.85. The molecule has 0 atom stereocenters. The average Bonchev–Trinajstić information content (AvgIpc) is 2.90. The molecule has 202 valence electrons. The highest BCUT2D eigenvalue weighted by Gasteiger charge is 2.00. The molecule has 1 aromatic heterocycles. The first-order chi connectivity index (χ1) is 17.4. The normalized spacial score (nSPS) is 11.1. The molecule has 0 saturated carbocycles. The van der Waals surface area contributed by atoms with Gasteiger partial charge in [0.05, 0.1) is 0 Å². The van der Waals surface area contributed by atoms with Gasteiger partial charge in [-0.15, -0.1) is 0 Å². The number of nitrogens with zero attached hydrogens (tertiary/aromatic N) is 1. The van der Waals surface area contributed by atoms with Gasteiger partial charge in [0.1, 0.15) is 6.54 Å². The molecule has 1 aromatic carbocycles. The number of aryl methyl sites for hydroxylation is 2. The van der Waals surface area contributed by atoms with E-state index in [2.05, 4.69) is 78.5 Å². The van der Waals surface area contributed by atoms with Crippen molar-refractivity contribution in [1.29, 1.82) is 0 Å². The highest BCUT2D eigenvalue weighted by Crippen LogP contribution is 2.14. The Morgan fingerprint density at radius 1 is 0.583 bits per heavy atom. The predicted octanol–water partition coefficient (Wildman–Crippen LogP) is 7.28. The van der Waals surface area contributed by atoms with E-state index in [1.807, 2.05) is 0 Å². The van der Waals surface area contributed by atoms with Gasteiger partial charge in [-0.3, -0.25) is 0 Å². The highest BCUT2D eigenvalue weighted by atomic mass is 35.5. The van der Waals surface area contributed by atoms with Gasteiger partial charge in [0, 0.05) is 18.6 Å². The van der Waals surface area contributed by atoms with Gasteiger partial charge in [0.15, 0.2) is 12.4 Å². The van der Waals surface area contributed by atoms with Crippen LogP contribution in [0.5, 0.6) is 0 Å².